The number of nitrogens with one attached hydrogen (secondary N) is 1. The fraction of sp³-hybridized carbons (Fsp3) is 0.385. The number of hydrogen-bond acceptors (Lipinski definition) is 3. The summed E-state index contributed by atoms with van der Waals surface area (Å²) in [5, 5.41) is 11.8. The molecule has 0 spiro atoms. The van der Waals surface area contributed by atoms with Crippen LogP contribution in [-0.4, -0.2) is 41.5 Å². The zero-order valence-electron chi connectivity index (χ0n) is 10.6. The first-order chi connectivity index (χ1) is 8.58. The predicted octanol–water partition coefficient (Wildman–Crippen LogP) is 0.990. The maximum absolute atomic E-state index is 12.1. The molecule has 1 aromatic carbocycles. The van der Waals surface area contributed by atoms with Crippen molar-refractivity contribution in [2.24, 2.45) is 0 Å². The van der Waals surface area contributed by atoms with Gasteiger partial charge < -0.3 is 15.3 Å². The van der Waals surface area contributed by atoms with Crippen molar-refractivity contribution in [3.63, 3.8) is 0 Å². The number of benzene rings is 1. The molecule has 0 radical (unpaired) electrons. The fourth-order valence-corrected chi connectivity index (χ4v) is 1.54. The topological polar surface area (TPSA) is 69.6 Å². The van der Waals surface area contributed by atoms with Gasteiger partial charge in [0.25, 0.3) is 5.91 Å². The maximum atomic E-state index is 12.1. The van der Waals surface area contributed by atoms with E-state index in [1.165, 1.54) is 29.2 Å². The zero-order chi connectivity index (χ0) is 13.5. The number of phenols is 1. The minimum Gasteiger partial charge on any atom is -0.508 e. The van der Waals surface area contributed by atoms with E-state index < -0.39 is 0 Å². The Morgan fingerprint density at radius 1 is 1.22 bits per heavy atom. The largest absolute Gasteiger partial charge is 0.508 e. The van der Waals surface area contributed by atoms with Crippen molar-refractivity contribution in [3.05, 3.63) is 29.8 Å². The van der Waals surface area contributed by atoms with Gasteiger partial charge >= 0.3 is 0 Å². The predicted molar refractivity (Wildman–Crippen MR) is 68.4 cm³/mol. The Balaban J connectivity index is 2.73. The van der Waals surface area contributed by atoms with Crippen LogP contribution >= 0.6 is 0 Å². The van der Waals surface area contributed by atoms with Crippen LogP contribution in [0.5, 0.6) is 5.75 Å². The lowest BCUT2D eigenvalue weighted by Gasteiger charge is -2.20. The first-order valence-corrected chi connectivity index (χ1v) is 5.93. The molecular formula is C13H18N2O3. The van der Waals surface area contributed by atoms with Gasteiger partial charge in [-0.15, -0.1) is 0 Å². The highest BCUT2D eigenvalue weighted by Crippen LogP contribution is 2.11. The van der Waals surface area contributed by atoms with Crippen LogP contribution in [0.15, 0.2) is 24.3 Å². The number of likely N-dealkylation sites (N-methyl/N-ethyl adjacent to an activating group) is 2. The molecule has 0 aliphatic rings. The summed E-state index contributed by atoms with van der Waals surface area (Å²) in [4.78, 5) is 25.0. The van der Waals surface area contributed by atoms with Crippen molar-refractivity contribution in [1.29, 1.82) is 0 Å². The molecule has 0 aromatic heterocycles. The van der Waals surface area contributed by atoms with Crippen LogP contribution in [0.4, 0.5) is 0 Å². The van der Waals surface area contributed by atoms with E-state index in [1.807, 2.05) is 13.8 Å². The third kappa shape index (κ3) is 3.76. The van der Waals surface area contributed by atoms with Crippen molar-refractivity contribution >= 4 is 11.8 Å². The van der Waals surface area contributed by atoms with E-state index in [2.05, 4.69) is 5.32 Å². The van der Waals surface area contributed by atoms with Gasteiger partial charge in [-0.25, -0.2) is 0 Å². The first kappa shape index (κ1) is 14.0. The molecule has 18 heavy (non-hydrogen) atoms. The number of nitrogens with zero attached hydrogens (tertiary/aromatic N) is 1. The Kier molecular flexibility index (Phi) is 5.17. The average molecular weight is 250 g/mol. The van der Waals surface area contributed by atoms with E-state index in [4.69, 9.17) is 5.11 Å². The maximum Gasteiger partial charge on any atom is 0.254 e. The van der Waals surface area contributed by atoms with Crippen LogP contribution in [0.2, 0.25) is 0 Å². The molecular weight excluding hydrogens is 232 g/mol. The van der Waals surface area contributed by atoms with Gasteiger partial charge in [0.15, 0.2) is 0 Å². The minimum atomic E-state index is -0.219. The lowest BCUT2D eigenvalue weighted by molar-refractivity contribution is -0.121. The normalized spacial score (nSPS) is 9.89. The number of carbonyl (C=O) groups is 2. The third-order valence-corrected chi connectivity index (χ3v) is 2.49. The lowest BCUT2D eigenvalue weighted by atomic mass is 10.2. The standard InChI is InChI=1S/C13H18N2O3/c1-3-14-12(17)9-15(4-2)13(18)10-5-7-11(16)8-6-10/h5-8,16H,3-4,9H2,1-2H3,(H,14,17). The van der Waals surface area contributed by atoms with Gasteiger partial charge in [-0.1, -0.05) is 0 Å². The van der Waals surface area contributed by atoms with Crippen LogP contribution in [0, 0.1) is 0 Å². The lowest BCUT2D eigenvalue weighted by Crippen LogP contribution is -2.40. The average Bonchev–Trinajstić information content (AvgIpc) is 2.36. The van der Waals surface area contributed by atoms with Gasteiger partial charge in [0.05, 0.1) is 6.54 Å². The molecule has 0 atom stereocenters. The molecule has 2 amide bonds. The van der Waals surface area contributed by atoms with Crippen LogP contribution in [-0.2, 0) is 4.79 Å². The summed E-state index contributed by atoms with van der Waals surface area (Å²) < 4.78 is 0. The highest BCUT2D eigenvalue weighted by Gasteiger charge is 2.16. The third-order valence-electron chi connectivity index (χ3n) is 2.49. The van der Waals surface area contributed by atoms with Crippen LogP contribution in [0.3, 0.4) is 0 Å². The molecule has 0 aliphatic carbocycles. The molecule has 1 aromatic rings. The quantitative estimate of drug-likeness (QED) is 0.818. The van der Waals surface area contributed by atoms with Gasteiger partial charge in [-0.05, 0) is 38.1 Å². The zero-order valence-corrected chi connectivity index (χ0v) is 10.6. The van der Waals surface area contributed by atoms with Crippen molar-refractivity contribution in [2.75, 3.05) is 19.6 Å². The molecule has 2 N–H and O–H groups in total. The van der Waals surface area contributed by atoms with Gasteiger partial charge in [0, 0.05) is 18.7 Å². The summed E-state index contributed by atoms with van der Waals surface area (Å²) in [5.41, 5.74) is 0.457. The van der Waals surface area contributed by atoms with Crippen LogP contribution < -0.4 is 5.32 Å². The minimum absolute atomic E-state index is 0.0457. The molecule has 0 fully saturated rings. The second-order valence-electron chi connectivity index (χ2n) is 3.82. The number of aromatic hydroxyl groups is 1. The highest BCUT2D eigenvalue weighted by atomic mass is 16.3. The number of carbonyl (C=O) groups excluding carboxylic acids is 2. The summed E-state index contributed by atoms with van der Waals surface area (Å²) in [6.07, 6.45) is 0. The van der Waals surface area contributed by atoms with Gasteiger partial charge in [0.2, 0.25) is 5.91 Å². The first-order valence-electron chi connectivity index (χ1n) is 5.93. The Labute approximate surface area is 106 Å². The molecule has 98 valence electrons. The van der Waals surface area contributed by atoms with E-state index in [1.54, 1.807) is 0 Å². The summed E-state index contributed by atoms with van der Waals surface area (Å²) in [5.74, 6) is -0.284. The fourth-order valence-electron chi connectivity index (χ4n) is 1.54. The summed E-state index contributed by atoms with van der Waals surface area (Å²) in [6, 6.07) is 5.98. The molecule has 1 rings (SSSR count). The summed E-state index contributed by atoms with van der Waals surface area (Å²) in [7, 11) is 0. The van der Waals surface area contributed by atoms with E-state index in [0.29, 0.717) is 18.7 Å². The second kappa shape index (κ2) is 6.64. The molecule has 0 bridgehead atoms. The number of hydrogen-bond donors (Lipinski definition) is 2. The smallest absolute Gasteiger partial charge is 0.254 e. The molecule has 0 saturated heterocycles. The van der Waals surface area contributed by atoms with Gasteiger partial charge in [-0.2, -0.15) is 0 Å². The van der Waals surface area contributed by atoms with E-state index in [9.17, 15) is 9.59 Å². The SMILES string of the molecule is CCNC(=O)CN(CC)C(=O)c1ccc(O)cc1. The second-order valence-corrected chi connectivity index (χ2v) is 3.82. The van der Waals surface area contributed by atoms with E-state index in [-0.39, 0.29) is 24.1 Å². The van der Waals surface area contributed by atoms with E-state index in [0.717, 1.165) is 0 Å². The molecule has 0 aliphatic heterocycles. The van der Waals surface area contributed by atoms with Crippen molar-refractivity contribution in [1.82, 2.24) is 10.2 Å². The van der Waals surface area contributed by atoms with Crippen LogP contribution in [0.25, 0.3) is 0 Å². The Hall–Kier alpha value is -2.04. The molecule has 5 nitrogen and oxygen atoms in total. The van der Waals surface area contributed by atoms with Gasteiger partial charge in [-0.3, -0.25) is 9.59 Å². The molecule has 0 saturated carbocycles. The Bertz CT molecular complexity index is 415. The highest BCUT2D eigenvalue weighted by molar-refractivity contribution is 5.96. The molecule has 5 heteroatoms. The van der Waals surface area contributed by atoms with Crippen LogP contribution in [0.1, 0.15) is 24.2 Å². The monoisotopic (exact) mass is 250 g/mol. The number of rotatable bonds is 5. The van der Waals surface area contributed by atoms with Crippen molar-refractivity contribution in [3.8, 4) is 5.75 Å². The summed E-state index contributed by atoms with van der Waals surface area (Å²) >= 11 is 0. The Morgan fingerprint density at radius 2 is 1.83 bits per heavy atom. The van der Waals surface area contributed by atoms with E-state index >= 15 is 0 Å². The number of phenolic OH excluding ortho intramolecular Hbond substituents is 1. The Morgan fingerprint density at radius 3 is 2.33 bits per heavy atom. The van der Waals surface area contributed by atoms with Gasteiger partial charge in [0.1, 0.15) is 5.75 Å². The number of amides is 2. The molecule has 0 heterocycles. The van der Waals surface area contributed by atoms with Crippen molar-refractivity contribution < 1.29 is 14.7 Å². The summed E-state index contributed by atoms with van der Waals surface area (Å²) in [6.45, 7) is 4.69. The van der Waals surface area contributed by atoms with Crippen molar-refractivity contribution in [2.45, 2.75) is 13.8 Å². The molecule has 0 unspecified atom stereocenters.